The Kier molecular flexibility index (Phi) is 3.60. The standard InChI is InChI=1S/C10H10F2O3/c1-2-3-15-9-7(10(13)14)4-6(11)5-8(9)12/h4-5H,2-3H2,1H3,(H,13,14). The van der Waals surface area contributed by atoms with Gasteiger partial charge in [-0.05, 0) is 12.5 Å². The summed E-state index contributed by atoms with van der Waals surface area (Å²) >= 11 is 0. The molecule has 0 unspecified atom stereocenters. The zero-order valence-electron chi connectivity index (χ0n) is 8.09. The first-order chi connectivity index (χ1) is 7.06. The van der Waals surface area contributed by atoms with Crippen molar-refractivity contribution in [1.82, 2.24) is 0 Å². The molecule has 15 heavy (non-hydrogen) atoms. The van der Waals surface area contributed by atoms with Gasteiger partial charge in [-0.2, -0.15) is 0 Å². The largest absolute Gasteiger partial charge is 0.490 e. The summed E-state index contributed by atoms with van der Waals surface area (Å²) in [6.45, 7) is 1.98. The van der Waals surface area contributed by atoms with E-state index < -0.39 is 28.9 Å². The van der Waals surface area contributed by atoms with Gasteiger partial charge in [0, 0.05) is 6.07 Å². The summed E-state index contributed by atoms with van der Waals surface area (Å²) in [5, 5.41) is 8.70. The van der Waals surface area contributed by atoms with E-state index in [4.69, 9.17) is 9.84 Å². The summed E-state index contributed by atoms with van der Waals surface area (Å²) in [5.74, 6) is -3.76. The molecular formula is C10H10F2O3. The fourth-order valence-electron chi connectivity index (χ4n) is 1.07. The van der Waals surface area contributed by atoms with Crippen molar-refractivity contribution in [3.8, 4) is 5.75 Å². The second kappa shape index (κ2) is 4.72. The molecule has 0 atom stereocenters. The van der Waals surface area contributed by atoms with Crippen LogP contribution in [0.1, 0.15) is 23.7 Å². The van der Waals surface area contributed by atoms with Gasteiger partial charge in [-0.3, -0.25) is 0 Å². The van der Waals surface area contributed by atoms with E-state index in [1.165, 1.54) is 0 Å². The molecule has 0 amide bonds. The van der Waals surface area contributed by atoms with Crippen molar-refractivity contribution >= 4 is 5.97 Å². The predicted octanol–water partition coefficient (Wildman–Crippen LogP) is 2.45. The number of carboxylic acids is 1. The van der Waals surface area contributed by atoms with Crippen LogP contribution >= 0.6 is 0 Å². The molecule has 1 aromatic carbocycles. The third kappa shape index (κ3) is 2.65. The van der Waals surface area contributed by atoms with Crippen molar-refractivity contribution in [3.05, 3.63) is 29.3 Å². The number of ether oxygens (including phenoxy) is 1. The highest BCUT2D eigenvalue weighted by atomic mass is 19.1. The molecule has 1 N–H and O–H groups in total. The van der Waals surface area contributed by atoms with Crippen LogP contribution in [0.2, 0.25) is 0 Å². The highest BCUT2D eigenvalue weighted by Gasteiger charge is 2.17. The Labute approximate surface area is 85.3 Å². The van der Waals surface area contributed by atoms with E-state index in [1.54, 1.807) is 6.92 Å². The number of hydrogen-bond acceptors (Lipinski definition) is 2. The van der Waals surface area contributed by atoms with E-state index >= 15 is 0 Å². The van der Waals surface area contributed by atoms with Crippen LogP contribution in [-0.2, 0) is 0 Å². The SMILES string of the molecule is CCCOc1c(F)cc(F)cc1C(=O)O. The summed E-state index contributed by atoms with van der Waals surface area (Å²) in [4.78, 5) is 10.7. The number of benzene rings is 1. The maximum atomic E-state index is 13.2. The lowest BCUT2D eigenvalue weighted by atomic mass is 10.2. The molecule has 0 heterocycles. The second-order valence-corrected chi connectivity index (χ2v) is 2.92. The highest BCUT2D eigenvalue weighted by Crippen LogP contribution is 2.24. The van der Waals surface area contributed by atoms with Gasteiger partial charge < -0.3 is 9.84 Å². The van der Waals surface area contributed by atoms with Crippen molar-refractivity contribution in [1.29, 1.82) is 0 Å². The molecule has 1 rings (SSSR count). The normalized spacial score (nSPS) is 10.1. The zero-order chi connectivity index (χ0) is 11.4. The van der Waals surface area contributed by atoms with E-state index in [9.17, 15) is 13.6 Å². The number of aromatic carboxylic acids is 1. The molecular weight excluding hydrogens is 206 g/mol. The lowest BCUT2D eigenvalue weighted by Gasteiger charge is -2.09. The molecule has 0 saturated heterocycles. The van der Waals surface area contributed by atoms with Crippen molar-refractivity contribution < 1.29 is 23.4 Å². The van der Waals surface area contributed by atoms with E-state index in [0.717, 1.165) is 6.07 Å². The first-order valence-electron chi connectivity index (χ1n) is 4.41. The van der Waals surface area contributed by atoms with Gasteiger partial charge in [0.15, 0.2) is 11.6 Å². The van der Waals surface area contributed by atoms with E-state index in [0.29, 0.717) is 12.5 Å². The van der Waals surface area contributed by atoms with Crippen LogP contribution in [0.5, 0.6) is 5.75 Å². The van der Waals surface area contributed by atoms with E-state index in [2.05, 4.69) is 0 Å². The van der Waals surface area contributed by atoms with Crippen molar-refractivity contribution in [2.45, 2.75) is 13.3 Å². The smallest absolute Gasteiger partial charge is 0.339 e. The zero-order valence-corrected chi connectivity index (χ0v) is 8.09. The topological polar surface area (TPSA) is 46.5 Å². The predicted molar refractivity (Wildman–Crippen MR) is 49.1 cm³/mol. The first-order valence-corrected chi connectivity index (χ1v) is 4.41. The van der Waals surface area contributed by atoms with Crippen LogP contribution < -0.4 is 4.74 Å². The summed E-state index contributed by atoms with van der Waals surface area (Å²) in [7, 11) is 0. The van der Waals surface area contributed by atoms with Gasteiger partial charge in [-0.1, -0.05) is 6.92 Å². The first kappa shape index (κ1) is 11.4. The molecule has 0 aromatic heterocycles. The van der Waals surface area contributed by atoms with Crippen LogP contribution in [0.15, 0.2) is 12.1 Å². The Morgan fingerprint density at radius 3 is 2.67 bits per heavy atom. The van der Waals surface area contributed by atoms with Crippen molar-refractivity contribution in [2.75, 3.05) is 6.61 Å². The second-order valence-electron chi connectivity index (χ2n) is 2.92. The molecule has 5 heteroatoms. The van der Waals surface area contributed by atoms with Crippen LogP contribution in [0.25, 0.3) is 0 Å². The molecule has 0 fully saturated rings. The average molecular weight is 216 g/mol. The Balaban J connectivity index is 3.15. The Morgan fingerprint density at radius 2 is 2.13 bits per heavy atom. The highest BCUT2D eigenvalue weighted by molar-refractivity contribution is 5.90. The quantitative estimate of drug-likeness (QED) is 0.840. The molecule has 0 spiro atoms. The molecule has 0 aliphatic rings. The minimum Gasteiger partial charge on any atom is -0.490 e. The summed E-state index contributed by atoms with van der Waals surface area (Å²) in [6.07, 6.45) is 0.607. The Morgan fingerprint density at radius 1 is 1.47 bits per heavy atom. The molecule has 82 valence electrons. The number of hydrogen-bond donors (Lipinski definition) is 1. The number of carbonyl (C=O) groups is 1. The molecule has 1 aromatic rings. The van der Waals surface area contributed by atoms with Crippen LogP contribution in [0, 0.1) is 11.6 Å². The van der Waals surface area contributed by atoms with Gasteiger partial charge in [0.05, 0.1) is 6.61 Å². The lowest BCUT2D eigenvalue weighted by Crippen LogP contribution is -2.06. The monoisotopic (exact) mass is 216 g/mol. The number of carboxylic acid groups (broad SMARTS) is 1. The fourth-order valence-corrected chi connectivity index (χ4v) is 1.07. The van der Waals surface area contributed by atoms with Gasteiger partial charge >= 0.3 is 5.97 Å². The van der Waals surface area contributed by atoms with E-state index in [-0.39, 0.29) is 6.61 Å². The average Bonchev–Trinajstić information content (AvgIpc) is 2.15. The molecule has 0 saturated carbocycles. The number of rotatable bonds is 4. The van der Waals surface area contributed by atoms with Gasteiger partial charge in [-0.25, -0.2) is 13.6 Å². The molecule has 3 nitrogen and oxygen atoms in total. The van der Waals surface area contributed by atoms with E-state index in [1.807, 2.05) is 0 Å². The maximum absolute atomic E-state index is 13.2. The summed E-state index contributed by atoms with van der Waals surface area (Å²) in [6, 6.07) is 1.33. The minimum absolute atomic E-state index is 0.183. The van der Waals surface area contributed by atoms with Crippen molar-refractivity contribution in [2.24, 2.45) is 0 Å². The van der Waals surface area contributed by atoms with Crippen molar-refractivity contribution in [3.63, 3.8) is 0 Å². The maximum Gasteiger partial charge on any atom is 0.339 e. The Hall–Kier alpha value is -1.65. The molecule has 0 radical (unpaired) electrons. The van der Waals surface area contributed by atoms with Gasteiger partial charge in [0.2, 0.25) is 0 Å². The molecule has 0 aliphatic heterocycles. The van der Waals surface area contributed by atoms with Crippen LogP contribution in [-0.4, -0.2) is 17.7 Å². The summed E-state index contributed by atoms with van der Waals surface area (Å²) < 4.78 is 30.8. The molecule has 0 aliphatic carbocycles. The van der Waals surface area contributed by atoms with Gasteiger partial charge in [0.1, 0.15) is 11.4 Å². The van der Waals surface area contributed by atoms with Gasteiger partial charge in [-0.15, -0.1) is 0 Å². The minimum atomic E-state index is -1.42. The van der Waals surface area contributed by atoms with Crippen LogP contribution in [0.3, 0.4) is 0 Å². The Bertz CT molecular complexity index is 377. The van der Waals surface area contributed by atoms with Crippen LogP contribution in [0.4, 0.5) is 8.78 Å². The fraction of sp³-hybridized carbons (Fsp3) is 0.300. The third-order valence-corrected chi connectivity index (χ3v) is 1.69. The number of halogens is 2. The lowest BCUT2D eigenvalue weighted by molar-refractivity contribution is 0.0690. The summed E-state index contributed by atoms with van der Waals surface area (Å²) in [5.41, 5.74) is -0.499. The van der Waals surface area contributed by atoms with Gasteiger partial charge in [0.25, 0.3) is 0 Å². The molecule has 0 bridgehead atoms. The third-order valence-electron chi connectivity index (χ3n) is 1.69.